The minimum Gasteiger partial charge on any atom is -0.436 e. The van der Waals surface area contributed by atoms with Crippen molar-refractivity contribution in [2.45, 2.75) is 0 Å². The van der Waals surface area contributed by atoms with Gasteiger partial charge in [0.05, 0.1) is 5.52 Å². The molecule has 0 spiro atoms. The second kappa shape index (κ2) is 9.52. The molecule has 0 saturated carbocycles. The smallest absolute Gasteiger partial charge is 0.247 e. The monoisotopic (exact) mass is 462 g/mol. The first-order valence-electron chi connectivity index (χ1n) is 10.8. The molecule has 1 N–H and O–H groups in total. The van der Waals surface area contributed by atoms with Crippen LogP contribution in [0, 0.1) is 5.82 Å². The Kier molecular flexibility index (Phi) is 5.96. The Bertz CT molecular complexity index is 1550. The third-order valence-corrected chi connectivity index (χ3v) is 5.35. The van der Waals surface area contributed by atoms with Crippen molar-refractivity contribution < 1.29 is 13.9 Å². The van der Waals surface area contributed by atoms with Crippen LogP contribution in [0.4, 0.5) is 10.1 Å². The van der Waals surface area contributed by atoms with E-state index in [1.54, 1.807) is 48.8 Å². The summed E-state index contributed by atoms with van der Waals surface area (Å²) in [5, 5.41) is 3.57. The second-order valence-electron chi connectivity index (χ2n) is 7.67. The van der Waals surface area contributed by atoms with E-state index in [9.17, 15) is 9.18 Å². The molecule has 3 aromatic carbocycles. The number of hydrogen-bond acceptors (Lipinski definition) is 5. The van der Waals surface area contributed by atoms with Crippen molar-refractivity contribution in [3.05, 3.63) is 110 Å². The van der Waals surface area contributed by atoms with E-state index in [-0.39, 0.29) is 11.7 Å². The Balaban J connectivity index is 1.56. The van der Waals surface area contributed by atoms with E-state index in [2.05, 4.69) is 26.8 Å². The Morgan fingerprint density at radius 1 is 0.943 bits per heavy atom. The fraction of sp³-hybridized carbons (Fsp3) is 0. The van der Waals surface area contributed by atoms with Crippen molar-refractivity contribution in [1.82, 2.24) is 15.0 Å². The third-order valence-electron chi connectivity index (χ3n) is 5.35. The van der Waals surface area contributed by atoms with E-state index in [1.165, 1.54) is 18.5 Å². The SMILES string of the molecule is C=CC(=O)Nc1cccc(-c2cc(-c3ccc(Oc4ccccn4)c(F)c3)cc3cncnc23)c1. The van der Waals surface area contributed by atoms with Gasteiger partial charge in [0.1, 0.15) is 6.33 Å². The lowest BCUT2D eigenvalue weighted by atomic mass is 9.95. The molecule has 0 saturated heterocycles. The summed E-state index contributed by atoms with van der Waals surface area (Å²) in [6.45, 7) is 3.49. The van der Waals surface area contributed by atoms with Gasteiger partial charge < -0.3 is 10.1 Å². The Labute approximate surface area is 200 Å². The van der Waals surface area contributed by atoms with E-state index >= 15 is 0 Å². The first-order valence-corrected chi connectivity index (χ1v) is 10.8. The number of hydrogen-bond donors (Lipinski definition) is 1. The molecule has 0 aliphatic heterocycles. The first-order chi connectivity index (χ1) is 17.1. The molecule has 1 amide bonds. The molecule has 0 atom stereocenters. The molecule has 0 aliphatic rings. The van der Waals surface area contributed by atoms with Crippen molar-refractivity contribution in [2.75, 3.05) is 5.32 Å². The number of fused-ring (bicyclic) bond motifs is 1. The molecule has 0 aliphatic carbocycles. The zero-order chi connectivity index (χ0) is 24.2. The van der Waals surface area contributed by atoms with Crippen molar-refractivity contribution in [2.24, 2.45) is 0 Å². The topological polar surface area (TPSA) is 77.0 Å². The van der Waals surface area contributed by atoms with Gasteiger partial charge >= 0.3 is 0 Å². The molecule has 0 radical (unpaired) electrons. The highest BCUT2D eigenvalue weighted by Crippen LogP contribution is 2.35. The summed E-state index contributed by atoms with van der Waals surface area (Å²) >= 11 is 0. The minimum absolute atomic E-state index is 0.0856. The van der Waals surface area contributed by atoms with Crippen LogP contribution in [-0.2, 0) is 4.79 Å². The Hall–Kier alpha value is -4.91. The zero-order valence-electron chi connectivity index (χ0n) is 18.5. The molecule has 2 heterocycles. The summed E-state index contributed by atoms with van der Waals surface area (Å²) in [6.07, 6.45) is 6.00. The number of amides is 1. The van der Waals surface area contributed by atoms with Crippen LogP contribution in [0.2, 0.25) is 0 Å². The van der Waals surface area contributed by atoms with Crippen LogP contribution in [0.5, 0.6) is 11.6 Å². The van der Waals surface area contributed by atoms with Gasteiger partial charge in [-0.25, -0.2) is 19.3 Å². The van der Waals surface area contributed by atoms with Crippen molar-refractivity contribution in [1.29, 1.82) is 0 Å². The lowest BCUT2D eigenvalue weighted by Gasteiger charge is -2.12. The van der Waals surface area contributed by atoms with Gasteiger partial charge in [0.2, 0.25) is 11.8 Å². The number of rotatable bonds is 6. The average Bonchev–Trinajstić information content (AvgIpc) is 2.90. The maximum Gasteiger partial charge on any atom is 0.247 e. The number of ether oxygens (including phenoxy) is 1. The lowest BCUT2D eigenvalue weighted by Crippen LogP contribution is -2.07. The largest absolute Gasteiger partial charge is 0.436 e. The average molecular weight is 462 g/mol. The van der Waals surface area contributed by atoms with Crippen LogP contribution in [0.3, 0.4) is 0 Å². The van der Waals surface area contributed by atoms with Gasteiger partial charge in [0, 0.05) is 35.1 Å². The van der Waals surface area contributed by atoms with Crippen LogP contribution in [0.25, 0.3) is 33.2 Å². The van der Waals surface area contributed by atoms with Crippen LogP contribution in [0.1, 0.15) is 0 Å². The molecule has 2 aromatic heterocycles. The highest BCUT2D eigenvalue weighted by Gasteiger charge is 2.13. The van der Waals surface area contributed by atoms with Crippen molar-refractivity contribution >= 4 is 22.5 Å². The third kappa shape index (κ3) is 4.74. The number of halogens is 1. The van der Waals surface area contributed by atoms with E-state index in [0.717, 1.165) is 27.6 Å². The fourth-order valence-electron chi connectivity index (χ4n) is 3.73. The summed E-state index contributed by atoms with van der Waals surface area (Å²) in [6, 6.07) is 21.3. The minimum atomic E-state index is -0.506. The molecule has 0 fully saturated rings. The van der Waals surface area contributed by atoms with Crippen LogP contribution < -0.4 is 10.1 Å². The maximum atomic E-state index is 14.9. The number of benzene rings is 3. The van der Waals surface area contributed by atoms with E-state index in [0.29, 0.717) is 17.1 Å². The number of anilines is 1. The van der Waals surface area contributed by atoms with Crippen molar-refractivity contribution in [3.8, 4) is 33.9 Å². The van der Waals surface area contributed by atoms with Crippen molar-refractivity contribution in [3.63, 3.8) is 0 Å². The summed E-state index contributed by atoms with van der Waals surface area (Å²) < 4.78 is 20.5. The van der Waals surface area contributed by atoms with Gasteiger partial charge in [-0.05, 0) is 65.2 Å². The number of nitrogens with one attached hydrogen (secondary N) is 1. The van der Waals surface area contributed by atoms with Gasteiger partial charge in [-0.3, -0.25) is 4.79 Å². The lowest BCUT2D eigenvalue weighted by molar-refractivity contribution is -0.111. The van der Waals surface area contributed by atoms with Crippen LogP contribution >= 0.6 is 0 Å². The number of nitrogens with zero attached hydrogens (tertiary/aromatic N) is 3. The molecule has 0 bridgehead atoms. The fourth-order valence-corrected chi connectivity index (χ4v) is 3.73. The summed E-state index contributed by atoms with van der Waals surface area (Å²) in [5.74, 6) is -0.407. The van der Waals surface area contributed by atoms with Crippen LogP contribution in [-0.4, -0.2) is 20.9 Å². The standard InChI is InChI=1S/C28H19FN4O2/c1-2-26(34)33-22-7-5-6-19(13-22)23-14-20(12-21-16-30-17-32-28(21)23)18-9-10-25(24(29)15-18)35-27-8-3-4-11-31-27/h2-17H,1H2,(H,33,34). The highest BCUT2D eigenvalue weighted by atomic mass is 19.1. The molecule has 5 rings (SSSR count). The Morgan fingerprint density at radius 3 is 2.66 bits per heavy atom. The zero-order valence-corrected chi connectivity index (χ0v) is 18.5. The number of carbonyl (C=O) groups is 1. The first kappa shape index (κ1) is 21.9. The van der Waals surface area contributed by atoms with E-state index in [4.69, 9.17) is 4.74 Å². The molecule has 35 heavy (non-hydrogen) atoms. The van der Waals surface area contributed by atoms with Gasteiger partial charge in [0.15, 0.2) is 11.6 Å². The van der Waals surface area contributed by atoms with Gasteiger partial charge in [-0.15, -0.1) is 0 Å². The number of carbonyl (C=O) groups excluding carboxylic acids is 1. The summed E-state index contributed by atoms with van der Waals surface area (Å²) in [5.41, 5.74) is 4.48. The predicted molar refractivity (Wildman–Crippen MR) is 134 cm³/mol. The predicted octanol–water partition coefficient (Wildman–Crippen LogP) is 6.41. The van der Waals surface area contributed by atoms with E-state index < -0.39 is 5.82 Å². The molecular formula is C28H19FN4O2. The summed E-state index contributed by atoms with van der Waals surface area (Å²) in [4.78, 5) is 24.4. The van der Waals surface area contributed by atoms with E-state index in [1.807, 2.05) is 30.3 Å². The normalized spacial score (nSPS) is 10.7. The molecule has 0 unspecified atom stereocenters. The van der Waals surface area contributed by atoms with Gasteiger partial charge in [-0.1, -0.05) is 30.8 Å². The van der Waals surface area contributed by atoms with Gasteiger partial charge in [-0.2, -0.15) is 0 Å². The summed E-state index contributed by atoms with van der Waals surface area (Å²) in [7, 11) is 0. The number of pyridine rings is 1. The van der Waals surface area contributed by atoms with Crippen LogP contribution in [0.15, 0.2) is 104 Å². The molecule has 170 valence electrons. The maximum absolute atomic E-state index is 14.9. The molecule has 7 heteroatoms. The second-order valence-corrected chi connectivity index (χ2v) is 7.67. The Morgan fingerprint density at radius 2 is 1.86 bits per heavy atom. The quantitative estimate of drug-likeness (QED) is 0.295. The molecule has 5 aromatic rings. The van der Waals surface area contributed by atoms with Gasteiger partial charge in [0.25, 0.3) is 0 Å². The highest BCUT2D eigenvalue weighted by molar-refractivity contribution is 6.01. The molecule has 6 nitrogen and oxygen atoms in total. The number of aromatic nitrogens is 3. The molecular weight excluding hydrogens is 443 g/mol.